The Bertz CT molecular complexity index is 1170. The maximum atomic E-state index is 12.8. The minimum Gasteiger partial charge on any atom is -0.278 e. The lowest BCUT2D eigenvalue weighted by Crippen LogP contribution is -2.21. The van der Waals surface area contributed by atoms with Crippen molar-refractivity contribution in [1.82, 2.24) is 5.43 Å². The molecule has 11 heteroatoms. The summed E-state index contributed by atoms with van der Waals surface area (Å²) in [6.45, 7) is 0. The van der Waals surface area contributed by atoms with Gasteiger partial charge in [-0.1, -0.05) is 30.3 Å². The van der Waals surface area contributed by atoms with Gasteiger partial charge in [0.25, 0.3) is 15.9 Å². The standard InChI is InChI=1S/C19H14F3N3O3S2/c20-19(21,22)14-6-3-5-13(11-14)12-23-24-18(26)15-7-1-2-8-16(15)25-30(27,28)17-9-4-10-29-17/h1-12,25H,(H,24,26)/b23-12-. The first kappa shape index (κ1) is 21.5. The molecule has 0 bridgehead atoms. The minimum atomic E-state index is -4.49. The third kappa shape index (κ3) is 5.24. The second-order valence-electron chi connectivity index (χ2n) is 5.91. The van der Waals surface area contributed by atoms with Gasteiger partial charge < -0.3 is 0 Å². The number of hydrogen-bond donors (Lipinski definition) is 2. The predicted octanol–water partition coefficient (Wildman–Crippen LogP) is 4.33. The zero-order valence-corrected chi connectivity index (χ0v) is 16.7. The maximum Gasteiger partial charge on any atom is 0.416 e. The van der Waals surface area contributed by atoms with Crippen LogP contribution >= 0.6 is 11.3 Å². The van der Waals surface area contributed by atoms with E-state index in [1.165, 1.54) is 36.4 Å². The lowest BCUT2D eigenvalue weighted by atomic mass is 10.1. The number of hydrogen-bond acceptors (Lipinski definition) is 5. The molecular formula is C19H14F3N3O3S2. The molecule has 1 aromatic heterocycles. The SMILES string of the molecule is O=C(N/N=C\c1cccc(C(F)(F)F)c1)c1ccccc1NS(=O)(=O)c1cccs1. The Labute approximate surface area is 174 Å². The lowest BCUT2D eigenvalue weighted by molar-refractivity contribution is -0.137. The molecule has 2 aromatic carbocycles. The monoisotopic (exact) mass is 453 g/mol. The van der Waals surface area contributed by atoms with Crippen molar-refractivity contribution in [2.75, 3.05) is 4.72 Å². The van der Waals surface area contributed by atoms with Crippen molar-refractivity contribution in [3.05, 3.63) is 82.7 Å². The molecule has 2 N–H and O–H groups in total. The summed E-state index contributed by atoms with van der Waals surface area (Å²) in [7, 11) is -3.86. The number of nitrogens with one attached hydrogen (secondary N) is 2. The van der Waals surface area contributed by atoms with E-state index < -0.39 is 27.7 Å². The molecular weight excluding hydrogens is 439 g/mol. The van der Waals surface area contributed by atoms with Gasteiger partial charge in [-0.2, -0.15) is 18.3 Å². The van der Waals surface area contributed by atoms with E-state index in [0.717, 1.165) is 29.7 Å². The van der Waals surface area contributed by atoms with Crippen LogP contribution in [0.5, 0.6) is 0 Å². The third-order valence-corrected chi connectivity index (χ3v) is 6.53. The number of carbonyl (C=O) groups is 1. The van der Waals surface area contributed by atoms with Crippen LogP contribution in [0.4, 0.5) is 18.9 Å². The minimum absolute atomic E-state index is 0.00109. The van der Waals surface area contributed by atoms with Crippen LogP contribution in [0.2, 0.25) is 0 Å². The van der Waals surface area contributed by atoms with E-state index in [9.17, 15) is 26.4 Å². The average molecular weight is 453 g/mol. The van der Waals surface area contributed by atoms with Crippen LogP contribution in [-0.4, -0.2) is 20.5 Å². The molecule has 0 atom stereocenters. The van der Waals surface area contributed by atoms with Gasteiger partial charge in [0.2, 0.25) is 0 Å². The molecule has 1 heterocycles. The largest absolute Gasteiger partial charge is 0.416 e. The van der Waals surface area contributed by atoms with Gasteiger partial charge >= 0.3 is 6.18 Å². The van der Waals surface area contributed by atoms with Crippen LogP contribution in [-0.2, 0) is 16.2 Å². The first-order chi connectivity index (χ1) is 14.2. The van der Waals surface area contributed by atoms with Crippen molar-refractivity contribution in [2.24, 2.45) is 5.10 Å². The van der Waals surface area contributed by atoms with Gasteiger partial charge in [-0.15, -0.1) is 11.3 Å². The van der Waals surface area contributed by atoms with E-state index in [0.29, 0.717) is 0 Å². The first-order valence-corrected chi connectivity index (χ1v) is 10.7. The van der Waals surface area contributed by atoms with Crippen LogP contribution < -0.4 is 10.1 Å². The number of benzene rings is 2. The number of thiophene rings is 1. The number of carbonyl (C=O) groups excluding carboxylic acids is 1. The molecule has 0 saturated carbocycles. The molecule has 0 aliphatic rings. The summed E-state index contributed by atoms with van der Waals surface area (Å²) in [5.41, 5.74) is 1.52. The second kappa shape index (κ2) is 8.67. The lowest BCUT2D eigenvalue weighted by Gasteiger charge is -2.10. The highest BCUT2D eigenvalue weighted by atomic mass is 32.2. The summed E-state index contributed by atoms with van der Waals surface area (Å²) < 4.78 is 65.5. The van der Waals surface area contributed by atoms with Crippen LogP contribution in [0.15, 0.2) is 75.4 Å². The summed E-state index contributed by atoms with van der Waals surface area (Å²) >= 11 is 1.02. The Balaban J connectivity index is 1.75. The Hall–Kier alpha value is -3.18. The van der Waals surface area contributed by atoms with Crippen LogP contribution in [0.3, 0.4) is 0 Å². The molecule has 0 fully saturated rings. The number of halogens is 3. The number of para-hydroxylation sites is 1. The molecule has 0 spiro atoms. The first-order valence-electron chi connectivity index (χ1n) is 8.33. The summed E-state index contributed by atoms with van der Waals surface area (Å²) in [6, 6.07) is 13.3. The van der Waals surface area contributed by atoms with E-state index in [-0.39, 0.29) is 21.0 Å². The van der Waals surface area contributed by atoms with Crippen LogP contribution in [0.25, 0.3) is 0 Å². The van der Waals surface area contributed by atoms with Crippen molar-refractivity contribution in [2.45, 2.75) is 10.4 Å². The van der Waals surface area contributed by atoms with E-state index in [2.05, 4.69) is 15.2 Å². The molecule has 0 unspecified atom stereocenters. The average Bonchev–Trinajstić information content (AvgIpc) is 3.23. The fourth-order valence-corrected chi connectivity index (χ4v) is 4.48. The number of nitrogens with zero attached hydrogens (tertiary/aromatic N) is 1. The summed E-state index contributed by atoms with van der Waals surface area (Å²) in [5, 5.41) is 5.27. The van der Waals surface area contributed by atoms with Gasteiger partial charge in [0, 0.05) is 0 Å². The van der Waals surface area contributed by atoms with E-state index in [1.54, 1.807) is 17.5 Å². The van der Waals surface area contributed by atoms with Gasteiger partial charge in [0.15, 0.2) is 0 Å². The Morgan fingerprint density at radius 2 is 1.80 bits per heavy atom. The quantitative estimate of drug-likeness (QED) is 0.430. The summed E-state index contributed by atoms with van der Waals surface area (Å²) in [4.78, 5) is 12.4. The van der Waals surface area contributed by atoms with Crippen molar-refractivity contribution in [3.8, 4) is 0 Å². The molecule has 3 aromatic rings. The Kier molecular flexibility index (Phi) is 6.22. The van der Waals surface area contributed by atoms with Crippen molar-refractivity contribution in [3.63, 3.8) is 0 Å². The highest BCUT2D eigenvalue weighted by molar-refractivity contribution is 7.94. The Morgan fingerprint density at radius 1 is 1.03 bits per heavy atom. The third-order valence-electron chi connectivity index (χ3n) is 3.77. The smallest absolute Gasteiger partial charge is 0.278 e. The number of hydrazone groups is 1. The molecule has 1 amide bonds. The fraction of sp³-hybridized carbons (Fsp3) is 0.0526. The fourth-order valence-electron chi connectivity index (χ4n) is 2.40. The maximum absolute atomic E-state index is 12.8. The normalized spacial score (nSPS) is 12.1. The zero-order valence-electron chi connectivity index (χ0n) is 15.1. The number of anilines is 1. The van der Waals surface area contributed by atoms with E-state index >= 15 is 0 Å². The Morgan fingerprint density at radius 3 is 2.50 bits per heavy atom. The summed E-state index contributed by atoms with van der Waals surface area (Å²) in [6.07, 6.45) is -3.43. The van der Waals surface area contributed by atoms with E-state index in [1.807, 2.05) is 0 Å². The zero-order chi connectivity index (χ0) is 21.8. The number of alkyl halides is 3. The molecule has 156 valence electrons. The van der Waals surface area contributed by atoms with E-state index in [4.69, 9.17) is 0 Å². The van der Waals surface area contributed by atoms with Crippen molar-refractivity contribution < 1.29 is 26.4 Å². The van der Waals surface area contributed by atoms with Gasteiger partial charge in [-0.05, 0) is 41.3 Å². The number of rotatable bonds is 6. The molecule has 0 radical (unpaired) electrons. The van der Waals surface area contributed by atoms with Gasteiger partial charge in [-0.25, -0.2) is 13.8 Å². The van der Waals surface area contributed by atoms with Gasteiger partial charge in [0.1, 0.15) is 4.21 Å². The van der Waals surface area contributed by atoms with Crippen molar-refractivity contribution in [1.29, 1.82) is 0 Å². The molecule has 0 saturated heterocycles. The van der Waals surface area contributed by atoms with Crippen LogP contribution in [0.1, 0.15) is 21.5 Å². The number of amides is 1. The number of sulfonamides is 1. The molecule has 0 aliphatic carbocycles. The summed E-state index contributed by atoms with van der Waals surface area (Å²) in [5.74, 6) is -0.734. The molecule has 6 nitrogen and oxygen atoms in total. The second-order valence-corrected chi connectivity index (χ2v) is 8.76. The van der Waals surface area contributed by atoms with Gasteiger partial charge in [-0.3, -0.25) is 9.52 Å². The topological polar surface area (TPSA) is 87.6 Å². The van der Waals surface area contributed by atoms with Crippen LogP contribution in [0, 0.1) is 0 Å². The van der Waals surface area contributed by atoms with Gasteiger partial charge in [0.05, 0.1) is 23.0 Å². The predicted molar refractivity (Wildman–Crippen MR) is 108 cm³/mol. The van der Waals surface area contributed by atoms with Crippen molar-refractivity contribution >= 4 is 39.2 Å². The molecule has 30 heavy (non-hydrogen) atoms. The molecule has 3 rings (SSSR count). The highest BCUT2D eigenvalue weighted by Crippen LogP contribution is 2.29. The highest BCUT2D eigenvalue weighted by Gasteiger charge is 2.30. The molecule has 0 aliphatic heterocycles.